The Hall–Kier alpha value is -2.22. The number of likely N-dealkylation sites (N-methyl/N-ethyl adjacent to an activating group) is 1. The fraction of sp³-hybridized carbons (Fsp3) is 0.545. The zero-order chi connectivity index (χ0) is 20.5. The quantitative estimate of drug-likeness (QED) is 0.614. The fourth-order valence-corrected chi connectivity index (χ4v) is 3.79. The normalized spacial score (nSPS) is 19.5. The molecule has 7 nitrogen and oxygen atoms in total. The van der Waals surface area contributed by atoms with E-state index >= 15 is 0 Å². The van der Waals surface area contributed by atoms with E-state index in [1.54, 1.807) is 12.4 Å². The van der Waals surface area contributed by atoms with Gasteiger partial charge in [-0.05, 0) is 50.6 Å². The first-order valence-corrected chi connectivity index (χ1v) is 10.3. The van der Waals surface area contributed by atoms with Gasteiger partial charge >= 0.3 is 0 Å². The first-order valence-electron chi connectivity index (χ1n) is 10.3. The van der Waals surface area contributed by atoms with Crippen LogP contribution in [0.1, 0.15) is 25.3 Å². The van der Waals surface area contributed by atoms with Crippen LogP contribution in [0.25, 0.3) is 0 Å². The summed E-state index contributed by atoms with van der Waals surface area (Å²) in [5.74, 6) is 1.54. The van der Waals surface area contributed by atoms with E-state index in [1.807, 2.05) is 32.2 Å². The molecule has 0 amide bonds. The smallest absolute Gasteiger partial charge is 0.225 e. The molecule has 1 saturated heterocycles. The summed E-state index contributed by atoms with van der Waals surface area (Å²) in [5, 5.41) is 11.2. The first kappa shape index (κ1) is 21.5. The molecule has 1 aliphatic heterocycles. The molecule has 1 atom stereocenters. The molecule has 1 aliphatic rings. The lowest BCUT2D eigenvalue weighted by Crippen LogP contribution is -2.54. The Bertz CT molecular complexity index is 729. The van der Waals surface area contributed by atoms with Crippen molar-refractivity contribution >= 4 is 5.95 Å². The lowest BCUT2D eigenvalue weighted by atomic mass is 9.92. The number of rotatable bonds is 10. The monoisotopic (exact) mass is 400 g/mol. The summed E-state index contributed by atoms with van der Waals surface area (Å²) in [6.45, 7) is 6.63. The lowest BCUT2D eigenvalue weighted by molar-refractivity contribution is -0.00366. The van der Waals surface area contributed by atoms with Crippen LogP contribution in [0.2, 0.25) is 0 Å². The Kier molecular flexibility index (Phi) is 7.80. The molecule has 2 heterocycles. The summed E-state index contributed by atoms with van der Waals surface area (Å²) in [6.07, 6.45) is 5.20. The van der Waals surface area contributed by atoms with E-state index in [4.69, 9.17) is 9.47 Å². The Labute approximate surface area is 173 Å². The third-order valence-electron chi connectivity index (χ3n) is 5.03. The molecule has 2 aromatic rings. The van der Waals surface area contributed by atoms with Gasteiger partial charge in [-0.25, -0.2) is 9.97 Å². The Morgan fingerprint density at radius 3 is 2.66 bits per heavy atom. The van der Waals surface area contributed by atoms with Crippen molar-refractivity contribution in [2.24, 2.45) is 0 Å². The minimum Gasteiger partial charge on any atom is -0.491 e. The molecule has 3 rings (SSSR count). The van der Waals surface area contributed by atoms with Crippen molar-refractivity contribution in [2.75, 3.05) is 51.4 Å². The average Bonchev–Trinajstić information content (AvgIpc) is 2.72. The van der Waals surface area contributed by atoms with Crippen LogP contribution in [-0.2, 0) is 11.3 Å². The van der Waals surface area contributed by atoms with Gasteiger partial charge in [0.15, 0.2) is 0 Å². The minimum absolute atomic E-state index is 0.550. The van der Waals surface area contributed by atoms with Gasteiger partial charge in [-0.15, -0.1) is 0 Å². The molecule has 0 unspecified atom stereocenters. The third-order valence-corrected chi connectivity index (χ3v) is 5.03. The van der Waals surface area contributed by atoms with Crippen molar-refractivity contribution in [1.82, 2.24) is 14.9 Å². The van der Waals surface area contributed by atoms with Gasteiger partial charge < -0.3 is 19.5 Å². The van der Waals surface area contributed by atoms with Crippen LogP contribution in [-0.4, -0.2) is 72.1 Å². The lowest BCUT2D eigenvalue weighted by Gasteiger charge is -2.41. The van der Waals surface area contributed by atoms with Gasteiger partial charge in [0.25, 0.3) is 0 Å². The van der Waals surface area contributed by atoms with Crippen LogP contribution in [0.15, 0.2) is 42.7 Å². The van der Waals surface area contributed by atoms with E-state index in [0.717, 1.165) is 31.7 Å². The second kappa shape index (κ2) is 10.5. The predicted molar refractivity (Wildman–Crippen MR) is 113 cm³/mol. The highest BCUT2D eigenvalue weighted by Gasteiger charge is 2.35. The molecule has 0 aliphatic carbocycles. The van der Waals surface area contributed by atoms with E-state index in [1.165, 1.54) is 5.56 Å². The number of aliphatic hydroxyl groups is 1. The number of benzene rings is 1. The van der Waals surface area contributed by atoms with Crippen molar-refractivity contribution in [3.63, 3.8) is 0 Å². The van der Waals surface area contributed by atoms with Gasteiger partial charge in [-0.2, -0.15) is 0 Å². The van der Waals surface area contributed by atoms with Crippen LogP contribution < -0.4 is 9.64 Å². The molecule has 1 aromatic heterocycles. The summed E-state index contributed by atoms with van der Waals surface area (Å²) < 4.78 is 10.9. The van der Waals surface area contributed by atoms with Gasteiger partial charge in [-0.1, -0.05) is 12.1 Å². The second-order valence-corrected chi connectivity index (χ2v) is 7.66. The van der Waals surface area contributed by atoms with Crippen LogP contribution in [0.3, 0.4) is 0 Å². The van der Waals surface area contributed by atoms with Crippen LogP contribution in [0, 0.1) is 0 Å². The highest BCUT2D eigenvalue weighted by atomic mass is 16.5. The van der Waals surface area contributed by atoms with Gasteiger partial charge in [0.2, 0.25) is 5.95 Å². The molecule has 0 spiro atoms. The van der Waals surface area contributed by atoms with E-state index in [-0.39, 0.29) is 0 Å². The number of aromatic nitrogens is 2. The molecular weight excluding hydrogens is 368 g/mol. The van der Waals surface area contributed by atoms with Crippen molar-refractivity contribution in [1.29, 1.82) is 0 Å². The van der Waals surface area contributed by atoms with Gasteiger partial charge in [0.1, 0.15) is 12.4 Å². The van der Waals surface area contributed by atoms with Gasteiger partial charge in [0.05, 0.1) is 18.8 Å². The highest BCUT2D eigenvalue weighted by Crippen LogP contribution is 2.25. The Morgan fingerprint density at radius 1 is 1.17 bits per heavy atom. The number of hydrogen-bond donors (Lipinski definition) is 1. The molecular formula is C22H32N4O3. The van der Waals surface area contributed by atoms with Crippen LogP contribution in [0.4, 0.5) is 5.95 Å². The molecule has 0 saturated carbocycles. The maximum Gasteiger partial charge on any atom is 0.225 e. The number of β-amino-alcohol motifs (C(OH)–C–C–N with tert-alkyl or cyclic N) is 1. The predicted octanol–water partition coefficient (Wildman–Crippen LogP) is 2.36. The standard InChI is InChI=1S/C22H32N4O3/c1-3-28-14-15-29-20-8-6-19(7-9-20)16-25(2)17-22(27)10-4-13-26(18-22)21-23-11-5-12-24-21/h5-9,11-12,27H,3-4,10,13-18H2,1-2H3/t22-/m1/s1. The average molecular weight is 401 g/mol. The van der Waals surface area contributed by atoms with Gasteiger partial charge in [-0.3, -0.25) is 4.90 Å². The topological polar surface area (TPSA) is 71.0 Å². The molecule has 0 bridgehead atoms. The third kappa shape index (κ3) is 6.66. The number of ether oxygens (including phenoxy) is 2. The van der Waals surface area contributed by atoms with Crippen molar-refractivity contribution in [2.45, 2.75) is 31.9 Å². The maximum absolute atomic E-state index is 11.2. The summed E-state index contributed by atoms with van der Waals surface area (Å²) in [5.41, 5.74) is 0.418. The Balaban J connectivity index is 1.49. The molecule has 1 aromatic carbocycles. The molecule has 158 valence electrons. The fourth-order valence-electron chi connectivity index (χ4n) is 3.79. The van der Waals surface area contributed by atoms with Crippen LogP contribution in [0.5, 0.6) is 5.75 Å². The number of hydrogen-bond acceptors (Lipinski definition) is 7. The second-order valence-electron chi connectivity index (χ2n) is 7.66. The largest absolute Gasteiger partial charge is 0.491 e. The molecule has 1 fully saturated rings. The summed E-state index contributed by atoms with van der Waals surface area (Å²) >= 11 is 0. The summed E-state index contributed by atoms with van der Waals surface area (Å²) in [4.78, 5) is 12.9. The van der Waals surface area contributed by atoms with Crippen molar-refractivity contribution < 1.29 is 14.6 Å². The van der Waals surface area contributed by atoms with E-state index in [2.05, 4.69) is 31.9 Å². The van der Waals surface area contributed by atoms with E-state index in [9.17, 15) is 5.11 Å². The highest BCUT2D eigenvalue weighted by molar-refractivity contribution is 5.31. The Morgan fingerprint density at radius 2 is 1.93 bits per heavy atom. The minimum atomic E-state index is -0.769. The molecule has 0 radical (unpaired) electrons. The van der Waals surface area contributed by atoms with Crippen molar-refractivity contribution in [3.8, 4) is 5.75 Å². The number of nitrogens with zero attached hydrogens (tertiary/aromatic N) is 4. The first-order chi connectivity index (χ1) is 14.1. The van der Waals surface area contributed by atoms with E-state index in [0.29, 0.717) is 38.9 Å². The number of anilines is 1. The zero-order valence-electron chi connectivity index (χ0n) is 17.5. The molecule has 1 N–H and O–H groups in total. The van der Waals surface area contributed by atoms with Gasteiger partial charge in [0, 0.05) is 38.6 Å². The maximum atomic E-state index is 11.2. The van der Waals surface area contributed by atoms with Crippen LogP contribution >= 0.6 is 0 Å². The molecule has 7 heteroatoms. The van der Waals surface area contributed by atoms with E-state index < -0.39 is 5.60 Å². The summed E-state index contributed by atoms with van der Waals surface area (Å²) in [6, 6.07) is 9.92. The van der Waals surface area contributed by atoms with Crippen molar-refractivity contribution in [3.05, 3.63) is 48.3 Å². The number of piperidine rings is 1. The zero-order valence-corrected chi connectivity index (χ0v) is 17.5. The summed E-state index contributed by atoms with van der Waals surface area (Å²) in [7, 11) is 2.04. The molecule has 29 heavy (non-hydrogen) atoms. The SMILES string of the molecule is CCOCCOc1ccc(CN(C)C[C@]2(O)CCCN(c3ncccn3)C2)cc1.